The van der Waals surface area contributed by atoms with Crippen molar-refractivity contribution in [3.05, 3.63) is 46.6 Å². The molecule has 0 unspecified atom stereocenters. The van der Waals surface area contributed by atoms with Gasteiger partial charge >= 0.3 is 0 Å². The largest absolute Gasteiger partial charge is 0.507 e. The Balaban J connectivity index is 1.63. The van der Waals surface area contributed by atoms with Crippen LogP contribution in [0.15, 0.2) is 35.5 Å². The van der Waals surface area contributed by atoms with Crippen LogP contribution in [0.25, 0.3) is 33.2 Å². The minimum atomic E-state index is -0.0657. The second-order valence-corrected chi connectivity index (χ2v) is 7.64. The highest BCUT2D eigenvalue weighted by Crippen LogP contribution is 2.35. The van der Waals surface area contributed by atoms with Crippen LogP contribution >= 0.6 is 0 Å². The number of nitrogens with one attached hydrogen (secondary N) is 1. The molecule has 0 saturated carbocycles. The molecule has 0 bridgehead atoms. The molecule has 148 valence electrons. The average Bonchev–Trinajstić information content (AvgIpc) is 3.12. The monoisotopic (exact) mass is 390 g/mol. The number of aromatic nitrogens is 5. The van der Waals surface area contributed by atoms with Gasteiger partial charge in [0.2, 0.25) is 0 Å². The first-order chi connectivity index (χ1) is 14.0. The highest BCUT2D eigenvalue weighted by Gasteiger charge is 2.19. The van der Waals surface area contributed by atoms with E-state index in [1.807, 2.05) is 38.5 Å². The molecular formula is C21H22N6O2. The van der Waals surface area contributed by atoms with Gasteiger partial charge in [-0.05, 0) is 45.0 Å². The molecule has 3 aromatic heterocycles. The first kappa shape index (κ1) is 17.8. The smallest absolute Gasteiger partial charge is 0.261 e. The van der Waals surface area contributed by atoms with Gasteiger partial charge in [-0.2, -0.15) is 5.10 Å². The predicted octanol–water partition coefficient (Wildman–Crippen LogP) is 2.28. The second kappa shape index (κ2) is 6.66. The highest BCUT2D eigenvalue weighted by molar-refractivity contribution is 5.90. The number of nitrogens with zero attached hydrogens (tertiary/aromatic N) is 5. The summed E-state index contributed by atoms with van der Waals surface area (Å²) in [7, 11) is 1.84. The molecule has 5 rings (SSSR count). The number of pyridine rings is 1. The van der Waals surface area contributed by atoms with Crippen LogP contribution in [0.4, 0.5) is 0 Å². The number of hydrogen-bond acceptors (Lipinski definition) is 6. The normalized spacial score (nSPS) is 15.4. The van der Waals surface area contributed by atoms with Gasteiger partial charge < -0.3 is 15.0 Å². The fourth-order valence-corrected chi connectivity index (χ4v) is 4.16. The van der Waals surface area contributed by atoms with Crippen molar-refractivity contribution in [2.45, 2.75) is 25.8 Å². The molecular weight excluding hydrogens is 368 g/mol. The summed E-state index contributed by atoms with van der Waals surface area (Å²) in [6.07, 6.45) is 7.15. The van der Waals surface area contributed by atoms with Crippen LogP contribution in [-0.2, 0) is 7.05 Å². The topological polar surface area (TPSA) is 97.9 Å². The Bertz CT molecular complexity index is 1300. The average molecular weight is 390 g/mol. The molecule has 4 aromatic rings. The van der Waals surface area contributed by atoms with Crippen LogP contribution in [0, 0.1) is 6.92 Å². The molecule has 1 fully saturated rings. The maximum absolute atomic E-state index is 13.0. The van der Waals surface area contributed by atoms with Crippen molar-refractivity contribution in [2.75, 3.05) is 13.1 Å². The standard InChI is InChI=1S/C21H22N6O2/c1-12-18-13(11-26(2)25-18)9-15(19(12)28)20-23-10-16-17(24-20)5-8-27(21(16)29)14-3-6-22-7-4-14/h5,8-11,14,22,28H,3-4,6-7H2,1-2H3. The molecule has 0 spiro atoms. The van der Waals surface area contributed by atoms with Crippen LogP contribution in [0.1, 0.15) is 24.4 Å². The van der Waals surface area contributed by atoms with Gasteiger partial charge in [-0.25, -0.2) is 9.97 Å². The van der Waals surface area contributed by atoms with Crippen molar-refractivity contribution in [3.8, 4) is 17.1 Å². The van der Waals surface area contributed by atoms with E-state index in [-0.39, 0.29) is 17.4 Å². The molecule has 1 saturated heterocycles. The van der Waals surface area contributed by atoms with Gasteiger partial charge in [-0.3, -0.25) is 9.48 Å². The lowest BCUT2D eigenvalue weighted by molar-refractivity contribution is 0.362. The Morgan fingerprint density at radius 2 is 2.07 bits per heavy atom. The van der Waals surface area contributed by atoms with Gasteiger partial charge in [0.15, 0.2) is 5.82 Å². The predicted molar refractivity (Wildman–Crippen MR) is 111 cm³/mol. The first-order valence-corrected chi connectivity index (χ1v) is 9.78. The number of aryl methyl sites for hydroxylation is 2. The Hall–Kier alpha value is -3.26. The van der Waals surface area contributed by atoms with Gasteiger partial charge in [0.25, 0.3) is 5.56 Å². The van der Waals surface area contributed by atoms with E-state index in [0.717, 1.165) is 36.8 Å². The van der Waals surface area contributed by atoms with Crippen LogP contribution in [0.3, 0.4) is 0 Å². The third kappa shape index (κ3) is 2.87. The number of hydrogen-bond donors (Lipinski definition) is 2. The second-order valence-electron chi connectivity index (χ2n) is 7.64. The number of phenolic OH excluding ortho intramolecular Hbond substituents is 1. The summed E-state index contributed by atoms with van der Waals surface area (Å²) >= 11 is 0. The number of phenols is 1. The Morgan fingerprint density at radius 3 is 2.86 bits per heavy atom. The van der Waals surface area contributed by atoms with Crippen LogP contribution in [0.5, 0.6) is 5.75 Å². The SMILES string of the molecule is Cc1c(O)c(-c2ncc3c(=O)n(C4CCNCC4)ccc3n2)cc2cn(C)nc12. The third-order valence-electron chi connectivity index (χ3n) is 5.74. The van der Waals surface area contributed by atoms with E-state index < -0.39 is 0 Å². The van der Waals surface area contributed by atoms with Crippen molar-refractivity contribution < 1.29 is 5.11 Å². The van der Waals surface area contributed by atoms with Crippen LogP contribution in [0.2, 0.25) is 0 Å². The molecule has 8 nitrogen and oxygen atoms in total. The number of rotatable bonds is 2. The fraction of sp³-hybridized carbons (Fsp3) is 0.333. The van der Waals surface area contributed by atoms with Gasteiger partial charge in [-0.15, -0.1) is 0 Å². The number of fused-ring (bicyclic) bond motifs is 2. The van der Waals surface area contributed by atoms with Crippen LogP contribution < -0.4 is 10.9 Å². The summed E-state index contributed by atoms with van der Waals surface area (Å²) < 4.78 is 3.51. The molecule has 1 aromatic carbocycles. The van der Waals surface area contributed by atoms with Crippen molar-refractivity contribution >= 4 is 21.8 Å². The van der Waals surface area contributed by atoms with E-state index in [0.29, 0.717) is 27.9 Å². The van der Waals surface area contributed by atoms with E-state index in [1.165, 1.54) is 0 Å². The molecule has 0 radical (unpaired) electrons. The van der Waals surface area contributed by atoms with Gasteiger partial charge in [0.1, 0.15) is 5.75 Å². The minimum Gasteiger partial charge on any atom is -0.507 e. The molecule has 8 heteroatoms. The lowest BCUT2D eigenvalue weighted by atomic mass is 10.0. The van der Waals surface area contributed by atoms with Gasteiger partial charge in [0, 0.05) is 42.6 Å². The fourth-order valence-electron chi connectivity index (χ4n) is 4.16. The first-order valence-electron chi connectivity index (χ1n) is 9.78. The van der Waals surface area contributed by atoms with Gasteiger partial charge in [0.05, 0.1) is 22.0 Å². The minimum absolute atomic E-state index is 0.0657. The summed E-state index contributed by atoms with van der Waals surface area (Å²) in [4.78, 5) is 22.0. The number of benzene rings is 1. The van der Waals surface area contributed by atoms with Crippen molar-refractivity contribution in [1.82, 2.24) is 29.6 Å². The van der Waals surface area contributed by atoms with E-state index in [9.17, 15) is 9.90 Å². The molecule has 0 amide bonds. The van der Waals surface area contributed by atoms with E-state index in [2.05, 4.69) is 20.4 Å². The Morgan fingerprint density at radius 1 is 1.28 bits per heavy atom. The molecule has 1 aliphatic heterocycles. The van der Waals surface area contributed by atoms with Gasteiger partial charge in [-0.1, -0.05) is 0 Å². The maximum Gasteiger partial charge on any atom is 0.261 e. The molecule has 2 N–H and O–H groups in total. The quantitative estimate of drug-likeness (QED) is 0.545. The van der Waals surface area contributed by atoms with Crippen LogP contribution in [-0.4, -0.2) is 42.5 Å². The van der Waals surface area contributed by atoms with E-state index in [1.54, 1.807) is 15.4 Å². The van der Waals surface area contributed by atoms with Crippen molar-refractivity contribution in [1.29, 1.82) is 0 Å². The zero-order valence-corrected chi connectivity index (χ0v) is 16.4. The molecule has 0 atom stereocenters. The summed E-state index contributed by atoms with van der Waals surface area (Å²) in [6, 6.07) is 3.89. The maximum atomic E-state index is 13.0. The lowest BCUT2D eigenvalue weighted by Crippen LogP contribution is -2.34. The molecule has 0 aliphatic carbocycles. The van der Waals surface area contributed by atoms with Crippen molar-refractivity contribution in [3.63, 3.8) is 0 Å². The molecule has 1 aliphatic rings. The summed E-state index contributed by atoms with van der Waals surface area (Å²) in [5, 5.41) is 19.8. The van der Waals surface area contributed by atoms with E-state index in [4.69, 9.17) is 0 Å². The Kier molecular flexibility index (Phi) is 4.09. The Labute approximate surface area is 166 Å². The molecule has 4 heterocycles. The summed E-state index contributed by atoms with van der Waals surface area (Å²) in [5.74, 6) is 0.501. The highest BCUT2D eigenvalue weighted by atomic mass is 16.3. The number of aromatic hydroxyl groups is 1. The summed E-state index contributed by atoms with van der Waals surface area (Å²) in [5.41, 5.74) is 2.48. The zero-order valence-electron chi connectivity index (χ0n) is 16.4. The zero-order chi connectivity index (χ0) is 20.1. The lowest BCUT2D eigenvalue weighted by Gasteiger charge is -2.24. The number of piperidine rings is 1. The van der Waals surface area contributed by atoms with E-state index >= 15 is 0 Å². The third-order valence-corrected chi connectivity index (χ3v) is 5.74. The van der Waals surface area contributed by atoms with Crippen molar-refractivity contribution in [2.24, 2.45) is 7.05 Å². The summed E-state index contributed by atoms with van der Waals surface area (Å²) in [6.45, 7) is 3.66. The molecule has 29 heavy (non-hydrogen) atoms.